The van der Waals surface area contributed by atoms with Crippen molar-refractivity contribution in [2.75, 3.05) is 13.7 Å². The fraction of sp³-hybridized carbons (Fsp3) is 0.421. The van der Waals surface area contributed by atoms with Crippen molar-refractivity contribution in [1.29, 1.82) is 0 Å². The molecule has 1 aromatic heterocycles. The fourth-order valence-corrected chi connectivity index (χ4v) is 3.38. The predicted octanol–water partition coefficient (Wildman–Crippen LogP) is 2.54. The summed E-state index contributed by atoms with van der Waals surface area (Å²) in [6, 6.07) is 1.46. The van der Waals surface area contributed by atoms with Gasteiger partial charge in [0.25, 0.3) is 0 Å². The topological polar surface area (TPSA) is 87.3 Å². The van der Waals surface area contributed by atoms with Crippen LogP contribution in [-0.2, 0) is 16.0 Å². The summed E-state index contributed by atoms with van der Waals surface area (Å²) in [6.45, 7) is 3.79. The minimum atomic E-state index is -1.03. The lowest BCUT2D eigenvalue weighted by Gasteiger charge is -2.36. The van der Waals surface area contributed by atoms with Gasteiger partial charge in [-0.25, -0.2) is 23.4 Å². The number of methoxy groups -OCH3 is 1. The average Bonchev–Trinajstić information content (AvgIpc) is 3.15. The molecule has 0 saturated heterocycles. The Labute approximate surface area is 161 Å². The second-order valence-corrected chi connectivity index (χ2v) is 6.95. The molecule has 0 aliphatic carbocycles. The minimum Gasteiger partial charge on any atom is -0.467 e. The molecule has 2 aromatic rings. The number of aromatic nitrogens is 2. The summed E-state index contributed by atoms with van der Waals surface area (Å²) >= 11 is 0. The Morgan fingerprint density at radius 3 is 2.79 bits per heavy atom. The predicted molar refractivity (Wildman–Crippen MR) is 96.4 cm³/mol. The molecule has 1 aromatic carbocycles. The van der Waals surface area contributed by atoms with Crippen LogP contribution in [0.1, 0.15) is 36.8 Å². The Hall–Kier alpha value is -2.97. The number of hydrogen-bond acceptors (Lipinski definition) is 4. The summed E-state index contributed by atoms with van der Waals surface area (Å²) in [4.78, 5) is 33.6. The largest absolute Gasteiger partial charge is 0.467 e. The highest BCUT2D eigenvalue weighted by atomic mass is 19.2. The van der Waals surface area contributed by atoms with E-state index in [1.807, 2.05) is 0 Å². The molecule has 0 saturated carbocycles. The number of H-pyrrole nitrogens is 1. The van der Waals surface area contributed by atoms with E-state index in [-0.39, 0.29) is 18.0 Å². The van der Waals surface area contributed by atoms with Crippen molar-refractivity contribution < 1.29 is 23.1 Å². The molecule has 1 aliphatic rings. The summed E-state index contributed by atoms with van der Waals surface area (Å²) in [7, 11) is 1.24. The lowest BCUT2D eigenvalue weighted by molar-refractivity contribution is -0.144. The SMILES string of the molecule is COC(=O)[C@@H](NC(=O)N1CCc2[nH]cnc2C1c1cccc(F)c1F)C(C)C. The number of imidazole rings is 1. The molecule has 3 rings (SSSR count). The smallest absolute Gasteiger partial charge is 0.328 e. The van der Waals surface area contributed by atoms with E-state index < -0.39 is 35.7 Å². The Bertz CT molecular complexity index is 884. The molecule has 1 aliphatic heterocycles. The summed E-state index contributed by atoms with van der Waals surface area (Å²) in [5.41, 5.74) is 1.21. The number of benzene rings is 1. The van der Waals surface area contributed by atoms with Gasteiger partial charge in [0.2, 0.25) is 0 Å². The quantitative estimate of drug-likeness (QED) is 0.783. The Morgan fingerprint density at radius 2 is 2.11 bits per heavy atom. The van der Waals surface area contributed by atoms with Gasteiger partial charge in [0.05, 0.1) is 19.1 Å². The van der Waals surface area contributed by atoms with Crippen LogP contribution in [0.25, 0.3) is 0 Å². The number of carbonyl (C=O) groups is 2. The number of halogens is 2. The number of ether oxygens (including phenoxy) is 1. The molecule has 28 heavy (non-hydrogen) atoms. The first kappa shape index (κ1) is 19.8. The number of aromatic amines is 1. The van der Waals surface area contributed by atoms with Gasteiger partial charge in [-0.15, -0.1) is 0 Å². The highest BCUT2D eigenvalue weighted by molar-refractivity contribution is 5.84. The van der Waals surface area contributed by atoms with Crippen molar-refractivity contribution in [3.05, 3.63) is 53.1 Å². The van der Waals surface area contributed by atoms with E-state index in [1.54, 1.807) is 13.8 Å². The molecule has 2 heterocycles. The number of nitrogens with one attached hydrogen (secondary N) is 2. The van der Waals surface area contributed by atoms with Gasteiger partial charge in [0.15, 0.2) is 11.6 Å². The van der Waals surface area contributed by atoms with Crippen LogP contribution in [0.5, 0.6) is 0 Å². The van der Waals surface area contributed by atoms with Crippen molar-refractivity contribution in [2.45, 2.75) is 32.4 Å². The molecule has 0 spiro atoms. The molecular formula is C19H22F2N4O3. The zero-order chi connectivity index (χ0) is 20.4. The van der Waals surface area contributed by atoms with Gasteiger partial charge in [0.1, 0.15) is 12.1 Å². The highest BCUT2D eigenvalue weighted by Gasteiger charge is 2.38. The van der Waals surface area contributed by atoms with Gasteiger partial charge < -0.3 is 19.9 Å². The number of carbonyl (C=O) groups excluding carboxylic acids is 2. The molecule has 150 valence electrons. The lowest BCUT2D eigenvalue weighted by Crippen LogP contribution is -2.53. The van der Waals surface area contributed by atoms with Crippen LogP contribution in [0.4, 0.5) is 13.6 Å². The number of rotatable bonds is 4. The second kappa shape index (κ2) is 7.95. The Balaban J connectivity index is 1.98. The molecule has 0 bridgehead atoms. The van der Waals surface area contributed by atoms with Crippen molar-refractivity contribution >= 4 is 12.0 Å². The van der Waals surface area contributed by atoms with Crippen LogP contribution in [0, 0.1) is 17.6 Å². The van der Waals surface area contributed by atoms with Crippen LogP contribution in [0.3, 0.4) is 0 Å². The van der Waals surface area contributed by atoms with Crippen molar-refractivity contribution in [3.63, 3.8) is 0 Å². The van der Waals surface area contributed by atoms with Gasteiger partial charge in [-0.3, -0.25) is 0 Å². The van der Waals surface area contributed by atoms with Crippen LogP contribution >= 0.6 is 0 Å². The molecule has 0 fully saturated rings. The number of fused-ring (bicyclic) bond motifs is 1. The minimum absolute atomic E-state index is 0.00219. The molecule has 7 nitrogen and oxygen atoms in total. The van der Waals surface area contributed by atoms with Crippen LogP contribution in [0.2, 0.25) is 0 Å². The molecule has 0 radical (unpaired) electrons. The third-order valence-electron chi connectivity index (χ3n) is 4.86. The van der Waals surface area contributed by atoms with E-state index >= 15 is 0 Å². The van der Waals surface area contributed by atoms with E-state index in [0.29, 0.717) is 12.1 Å². The molecule has 2 N–H and O–H groups in total. The van der Waals surface area contributed by atoms with Gasteiger partial charge in [-0.05, 0) is 12.0 Å². The van der Waals surface area contributed by atoms with E-state index in [0.717, 1.165) is 11.8 Å². The van der Waals surface area contributed by atoms with E-state index in [2.05, 4.69) is 15.3 Å². The van der Waals surface area contributed by atoms with Gasteiger partial charge in [-0.1, -0.05) is 26.0 Å². The first-order valence-electron chi connectivity index (χ1n) is 8.96. The normalized spacial score (nSPS) is 17.2. The number of amides is 2. The van der Waals surface area contributed by atoms with E-state index in [1.165, 1.54) is 30.5 Å². The van der Waals surface area contributed by atoms with Crippen molar-refractivity contribution in [3.8, 4) is 0 Å². The monoisotopic (exact) mass is 392 g/mol. The third-order valence-corrected chi connectivity index (χ3v) is 4.86. The standard InChI is InChI=1S/C19H22F2N4O3/c1-10(2)15(18(26)28-3)24-19(27)25-8-7-13-16(23-9-22-13)17(25)11-5-4-6-12(20)14(11)21/h4-6,9-10,15,17H,7-8H2,1-3H3,(H,22,23)(H,24,27)/t15-,17?/m0/s1. The summed E-state index contributed by atoms with van der Waals surface area (Å²) in [6.07, 6.45) is 1.93. The lowest BCUT2D eigenvalue weighted by atomic mass is 9.95. The average molecular weight is 392 g/mol. The summed E-state index contributed by atoms with van der Waals surface area (Å²) < 4.78 is 33.2. The maximum absolute atomic E-state index is 14.6. The Morgan fingerprint density at radius 1 is 1.36 bits per heavy atom. The van der Waals surface area contributed by atoms with E-state index in [4.69, 9.17) is 4.74 Å². The first-order chi connectivity index (χ1) is 13.3. The maximum atomic E-state index is 14.6. The fourth-order valence-electron chi connectivity index (χ4n) is 3.38. The zero-order valence-electron chi connectivity index (χ0n) is 15.8. The third kappa shape index (κ3) is 3.56. The van der Waals surface area contributed by atoms with Crippen LogP contribution < -0.4 is 5.32 Å². The number of esters is 1. The summed E-state index contributed by atoms with van der Waals surface area (Å²) in [5.74, 6) is -2.83. The highest BCUT2D eigenvalue weighted by Crippen LogP contribution is 2.35. The number of nitrogens with zero attached hydrogens (tertiary/aromatic N) is 2. The van der Waals surface area contributed by atoms with Gasteiger partial charge in [0, 0.05) is 24.2 Å². The summed E-state index contributed by atoms with van der Waals surface area (Å²) in [5, 5.41) is 2.65. The van der Waals surface area contributed by atoms with Crippen molar-refractivity contribution in [2.24, 2.45) is 5.92 Å². The first-order valence-corrected chi connectivity index (χ1v) is 8.96. The molecule has 2 amide bonds. The molecule has 1 unspecified atom stereocenters. The molecule has 2 atom stereocenters. The van der Waals surface area contributed by atoms with Crippen molar-refractivity contribution in [1.82, 2.24) is 20.2 Å². The van der Waals surface area contributed by atoms with Crippen LogP contribution in [0.15, 0.2) is 24.5 Å². The van der Waals surface area contributed by atoms with Crippen LogP contribution in [-0.4, -0.2) is 46.6 Å². The van der Waals surface area contributed by atoms with E-state index in [9.17, 15) is 18.4 Å². The number of hydrogen-bond donors (Lipinski definition) is 2. The zero-order valence-corrected chi connectivity index (χ0v) is 15.8. The second-order valence-electron chi connectivity index (χ2n) is 6.95. The molecular weight excluding hydrogens is 370 g/mol. The number of urea groups is 1. The molecule has 9 heteroatoms. The van der Waals surface area contributed by atoms with Gasteiger partial charge >= 0.3 is 12.0 Å². The Kier molecular flexibility index (Phi) is 5.62. The van der Waals surface area contributed by atoms with Gasteiger partial charge in [-0.2, -0.15) is 0 Å². The maximum Gasteiger partial charge on any atom is 0.328 e.